The summed E-state index contributed by atoms with van der Waals surface area (Å²) in [7, 11) is 0. The fraction of sp³-hybridized carbons (Fsp3) is 0.297. The SMILES string of the molecule is CCc1c(CCC2=CC=C(C(C)=O)C2)cccc1C1CC(c2ccc(F)cc2)C=C1C(=O)c1cc(F)c(F)c(CC)c1F. The van der Waals surface area contributed by atoms with Gasteiger partial charge in [-0.1, -0.05) is 68.0 Å². The summed E-state index contributed by atoms with van der Waals surface area (Å²) >= 11 is 0. The van der Waals surface area contributed by atoms with E-state index in [9.17, 15) is 22.8 Å². The number of hydrogen-bond donors (Lipinski definition) is 0. The van der Waals surface area contributed by atoms with Crippen molar-refractivity contribution in [1.82, 2.24) is 0 Å². The van der Waals surface area contributed by atoms with Crippen molar-refractivity contribution in [3.05, 3.63) is 140 Å². The zero-order valence-corrected chi connectivity index (χ0v) is 24.6. The van der Waals surface area contributed by atoms with E-state index in [2.05, 4.69) is 6.07 Å². The van der Waals surface area contributed by atoms with Gasteiger partial charge >= 0.3 is 0 Å². The van der Waals surface area contributed by atoms with E-state index in [0.717, 1.165) is 40.7 Å². The van der Waals surface area contributed by atoms with Crippen LogP contribution in [0, 0.1) is 23.3 Å². The van der Waals surface area contributed by atoms with Gasteiger partial charge in [-0.15, -0.1) is 0 Å². The number of carbonyl (C=O) groups excluding carboxylic acids is 2. The Balaban J connectivity index is 1.53. The molecule has 0 fully saturated rings. The predicted molar refractivity (Wildman–Crippen MR) is 160 cm³/mol. The van der Waals surface area contributed by atoms with Gasteiger partial charge in [0, 0.05) is 23.0 Å². The number of rotatable bonds is 10. The Hall–Kier alpha value is -4.06. The van der Waals surface area contributed by atoms with Crippen molar-refractivity contribution in [2.75, 3.05) is 0 Å². The molecule has 2 atom stereocenters. The summed E-state index contributed by atoms with van der Waals surface area (Å²) in [6.45, 7) is 5.13. The highest BCUT2D eigenvalue weighted by atomic mass is 19.2. The minimum Gasteiger partial charge on any atom is -0.295 e. The number of hydrogen-bond acceptors (Lipinski definition) is 2. The molecule has 0 saturated carbocycles. The van der Waals surface area contributed by atoms with Crippen LogP contribution in [-0.2, 0) is 24.1 Å². The standard InChI is InChI=1S/C37H34F4O2/c1-4-28-24(11-9-22-10-12-25(17-22)21(3)42)7-6-8-30(28)31-18-26(23-13-15-27(38)16-14-23)19-32(31)37(43)33-20-34(39)36(41)29(5-2)35(33)40/h6-8,10,12-16,19-20,26,31H,4-5,9,11,17-18H2,1-3H3. The lowest BCUT2D eigenvalue weighted by Crippen LogP contribution is -2.15. The Bertz CT molecular complexity index is 1680. The van der Waals surface area contributed by atoms with Gasteiger partial charge in [0.25, 0.3) is 0 Å². The predicted octanol–water partition coefficient (Wildman–Crippen LogP) is 9.23. The molecule has 3 aromatic rings. The molecule has 0 aliphatic heterocycles. The van der Waals surface area contributed by atoms with Gasteiger partial charge in [-0.25, -0.2) is 17.6 Å². The Morgan fingerprint density at radius 1 is 0.860 bits per heavy atom. The van der Waals surface area contributed by atoms with Gasteiger partial charge in [0.1, 0.15) is 11.6 Å². The normalized spacial score (nSPS) is 18.0. The van der Waals surface area contributed by atoms with Crippen molar-refractivity contribution in [2.24, 2.45) is 0 Å². The van der Waals surface area contributed by atoms with E-state index < -0.39 is 40.3 Å². The number of Topliss-reactive ketones (excluding diaryl/α,β-unsaturated/α-hetero) is 2. The third-order valence-corrected chi connectivity index (χ3v) is 8.80. The third kappa shape index (κ3) is 6.06. The van der Waals surface area contributed by atoms with Crippen LogP contribution < -0.4 is 0 Å². The van der Waals surface area contributed by atoms with E-state index in [0.29, 0.717) is 30.9 Å². The molecular weight excluding hydrogens is 552 g/mol. The fourth-order valence-corrected chi connectivity index (χ4v) is 6.48. The van der Waals surface area contributed by atoms with Crippen LogP contribution in [-0.4, -0.2) is 11.6 Å². The van der Waals surface area contributed by atoms with Crippen LogP contribution in [0.5, 0.6) is 0 Å². The third-order valence-electron chi connectivity index (χ3n) is 8.80. The lowest BCUT2D eigenvalue weighted by Gasteiger charge is -2.22. The number of ketones is 2. The molecule has 6 heteroatoms. The first-order chi connectivity index (χ1) is 20.6. The van der Waals surface area contributed by atoms with E-state index >= 15 is 4.39 Å². The van der Waals surface area contributed by atoms with Gasteiger partial charge < -0.3 is 0 Å². The summed E-state index contributed by atoms with van der Waals surface area (Å²) < 4.78 is 58.0. The Morgan fingerprint density at radius 3 is 2.23 bits per heavy atom. The molecular formula is C37H34F4O2. The summed E-state index contributed by atoms with van der Waals surface area (Å²) in [4.78, 5) is 25.8. The molecule has 0 heterocycles. The highest BCUT2D eigenvalue weighted by molar-refractivity contribution is 6.10. The summed E-state index contributed by atoms with van der Waals surface area (Å²) in [5.74, 6) is -5.22. The maximum Gasteiger partial charge on any atom is 0.192 e. The number of carbonyl (C=O) groups is 2. The molecule has 0 aromatic heterocycles. The molecule has 2 nitrogen and oxygen atoms in total. The smallest absolute Gasteiger partial charge is 0.192 e. The number of benzene rings is 3. The van der Waals surface area contributed by atoms with Crippen LogP contribution in [0.25, 0.3) is 0 Å². The average molecular weight is 587 g/mol. The van der Waals surface area contributed by atoms with Gasteiger partial charge in [-0.05, 0) is 91.5 Å². The first kappa shape index (κ1) is 30.4. The average Bonchev–Trinajstić information content (AvgIpc) is 3.66. The van der Waals surface area contributed by atoms with E-state index in [1.165, 1.54) is 24.6 Å². The second kappa shape index (κ2) is 12.7. The number of halogens is 4. The van der Waals surface area contributed by atoms with Crippen molar-refractivity contribution in [2.45, 2.75) is 71.1 Å². The van der Waals surface area contributed by atoms with Gasteiger partial charge in [-0.3, -0.25) is 9.59 Å². The minimum atomic E-state index is -1.28. The molecule has 5 rings (SSSR count). The Labute approximate surface area is 249 Å². The van der Waals surface area contributed by atoms with Crippen LogP contribution in [0.1, 0.15) is 90.0 Å². The van der Waals surface area contributed by atoms with E-state index in [-0.39, 0.29) is 23.9 Å². The van der Waals surface area contributed by atoms with Crippen LogP contribution in [0.15, 0.2) is 83.5 Å². The molecule has 2 unspecified atom stereocenters. The van der Waals surface area contributed by atoms with Crippen LogP contribution in [0.3, 0.4) is 0 Å². The maximum atomic E-state index is 15.4. The summed E-state index contributed by atoms with van der Waals surface area (Å²) in [5, 5.41) is 0. The van der Waals surface area contributed by atoms with Crippen LogP contribution in [0.4, 0.5) is 17.6 Å². The topological polar surface area (TPSA) is 34.1 Å². The van der Waals surface area contributed by atoms with E-state index in [1.807, 2.05) is 31.2 Å². The molecule has 0 saturated heterocycles. The molecule has 2 aliphatic carbocycles. The molecule has 2 aliphatic rings. The van der Waals surface area contributed by atoms with Crippen molar-refractivity contribution in [3.63, 3.8) is 0 Å². The summed E-state index contributed by atoms with van der Waals surface area (Å²) in [6, 6.07) is 12.7. The zero-order valence-electron chi connectivity index (χ0n) is 24.6. The van der Waals surface area contributed by atoms with Crippen molar-refractivity contribution in [1.29, 1.82) is 0 Å². The molecule has 0 amide bonds. The van der Waals surface area contributed by atoms with Gasteiger partial charge in [-0.2, -0.15) is 0 Å². The largest absolute Gasteiger partial charge is 0.295 e. The molecule has 0 bridgehead atoms. The second-order valence-corrected chi connectivity index (χ2v) is 11.4. The first-order valence-electron chi connectivity index (χ1n) is 14.8. The van der Waals surface area contributed by atoms with E-state index in [4.69, 9.17) is 0 Å². The maximum absolute atomic E-state index is 15.4. The van der Waals surface area contributed by atoms with Crippen LogP contribution >= 0.6 is 0 Å². The van der Waals surface area contributed by atoms with Crippen molar-refractivity contribution in [3.8, 4) is 0 Å². The first-order valence-corrected chi connectivity index (χ1v) is 14.8. The highest BCUT2D eigenvalue weighted by Crippen LogP contribution is 2.46. The molecule has 0 radical (unpaired) electrons. The highest BCUT2D eigenvalue weighted by Gasteiger charge is 2.36. The molecule has 43 heavy (non-hydrogen) atoms. The summed E-state index contributed by atoms with van der Waals surface area (Å²) in [5.41, 5.74) is 5.34. The zero-order chi connectivity index (χ0) is 30.8. The molecule has 0 N–H and O–H groups in total. The van der Waals surface area contributed by atoms with Gasteiger partial charge in [0.2, 0.25) is 0 Å². The van der Waals surface area contributed by atoms with Gasteiger partial charge in [0.05, 0.1) is 5.56 Å². The summed E-state index contributed by atoms with van der Waals surface area (Å²) in [6.07, 6.45) is 8.94. The van der Waals surface area contributed by atoms with E-state index in [1.54, 1.807) is 25.1 Å². The van der Waals surface area contributed by atoms with Crippen LogP contribution in [0.2, 0.25) is 0 Å². The monoisotopic (exact) mass is 586 g/mol. The second-order valence-electron chi connectivity index (χ2n) is 11.4. The lowest BCUT2D eigenvalue weighted by molar-refractivity contribution is -0.113. The van der Waals surface area contributed by atoms with Crippen molar-refractivity contribution < 1.29 is 27.2 Å². The molecule has 3 aromatic carbocycles. The number of aryl methyl sites for hydroxylation is 1. The Kier molecular flexibility index (Phi) is 8.95. The molecule has 0 spiro atoms. The number of allylic oxidation sites excluding steroid dienone is 6. The van der Waals surface area contributed by atoms with Crippen molar-refractivity contribution >= 4 is 11.6 Å². The quantitative estimate of drug-likeness (QED) is 0.135. The molecule has 222 valence electrons. The lowest BCUT2D eigenvalue weighted by atomic mass is 9.81. The Morgan fingerprint density at radius 2 is 1.58 bits per heavy atom. The minimum absolute atomic E-state index is 0.0759. The fourth-order valence-electron chi connectivity index (χ4n) is 6.48. The van der Waals surface area contributed by atoms with Gasteiger partial charge in [0.15, 0.2) is 23.2 Å².